The van der Waals surface area contributed by atoms with Gasteiger partial charge in [0.25, 0.3) is 0 Å². The van der Waals surface area contributed by atoms with E-state index in [1.807, 2.05) is 30.5 Å². The molecular weight excluding hydrogens is 306 g/mol. The molecule has 1 aliphatic rings. The van der Waals surface area contributed by atoms with Gasteiger partial charge in [-0.25, -0.2) is 4.79 Å². The van der Waals surface area contributed by atoms with E-state index in [0.29, 0.717) is 18.2 Å². The van der Waals surface area contributed by atoms with Crippen LogP contribution in [-0.4, -0.2) is 23.8 Å². The Bertz CT molecular complexity index is 700. The molecule has 3 nitrogen and oxygen atoms in total. The Morgan fingerprint density at radius 2 is 2.00 bits per heavy atom. The highest BCUT2D eigenvalue weighted by molar-refractivity contribution is 7.98. The summed E-state index contributed by atoms with van der Waals surface area (Å²) in [4.78, 5) is 15.2. The zero-order valence-electron chi connectivity index (χ0n) is 13.0. The number of allylic oxidation sites excluding steroid dienone is 1. The second kappa shape index (κ2) is 7.38. The number of carbonyl (C=O) groups excluding carboxylic acids is 1. The Morgan fingerprint density at radius 3 is 2.78 bits per heavy atom. The van der Waals surface area contributed by atoms with Crippen molar-refractivity contribution >= 4 is 17.9 Å². The van der Waals surface area contributed by atoms with Crippen molar-refractivity contribution in [3.8, 4) is 5.75 Å². The monoisotopic (exact) mass is 325 g/mol. The molecule has 0 saturated carbocycles. The highest BCUT2D eigenvalue weighted by atomic mass is 32.2. The van der Waals surface area contributed by atoms with Gasteiger partial charge < -0.3 is 4.74 Å². The Morgan fingerprint density at radius 1 is 1.17 bits per heavy atom. The first kappa shape index (κ1) is 15.7. The minimum Gasteiger partial charge on any atom is -0.410 e. The molecule has 0 N–H and O–H groups in total. The molecule has 0 unspecified atom stereocenters. The Balaban J connectivity index is 1.69. The quantitative estimate of drug-likeness (QED) is 0.751. The molecule has 118 valence electrons. The molecule has 2 aromatic rings. The third-order valence-electron chi connectivity index (χ3n) is 3.87. The van der Waals surface area contributed by atoms with Gasteiger partial charge in [-0.15, -0.1) is 11.8 Å². The van der Waals surface area contributed by atoms with Gasteiger partial charge in [0.2, 0.25) is 0 Å². The van der Waals surface area contributed by atoms with Gasteiger partial charge in [0.15, 0.2) is 0 Å². The predicted molar refractivity (Wildman–Crippen MR) is 93.9 cm³/mol. The van der Waals surface area contributed by atoms with Crippen LogP contribution < -0.4 is 4.74 Å². The van der Waals surface area contributed by atoms with Crippen molar-refractivity contribution in [2.75, 3.05) is 12.8 Å². The number of hydrogen-bond acceptors (Lipinski definition) is 3. The van der Waals surface area contributed by atoms with Crippen LogP contribution in [0.2, 0.25) is 0 Å². The molecule has 23 heavy (non-hydrogen) atoms. The lowest BCUT2D eigenvalue weighted by atomic mass is 9.93. The van der Waals surface area contributed by atoms with Crippen LogP contribution in [0.3, 0.4) is 0 Å². The Labute approximate surface area is 141 Å². The topological polar surface area (TPSA) is 29.5 Å². The van der Waals surface area contributed by atoms with E-state index in [1.165, 1.54) is 10.5 Å². The molecule has 2 aromatic carbocycles. The molecule has 3 rings (SSSR count). The van der Waals surface area contributed by atoms with Gasteiger partial charge in [0.1, 0.15) is 5.75 Å². The lowest BCUT2D eigenvalue weighted by molar-refractivity contribution is 0.165. The summed E-state index contributed by atoms with van der Waals surface area (Å²) in [7, 11) is 0. The van der Waals surface area contributed by atoms with Crippen molar-refractivity contribution in [1.82, 2.24) is 4.90 Å². The van der Waals surface area contributed by atoms with Gasteiger partial charge in [-0.2, -0.15) is 0 Å². The molecule has 0 aromatic heterocycles. The van der Waals surface area contributed by atoms with Crippen LogP contribution in [0.4, 0.5) is 4.79 Å². The number of nitrogens with zero attached hydrogens (tertiary/aromatic N) is 1. The van der Waals surface area contributed by atoms with Crippen molar-refractivity contribution in [2.45, 2.75) is 17.2 Å². The number of thioether (sulfide) groups is 1. The lowest BCUT2D eigenvalue weighted by Gasteiger charge is -2.27. The van der Waals surface area contributed by atoms with Crippen molar-refractivity contribution in [3.05, 3.63) is 72.4 Å². The van der Waals surface area contributed by atoms with Gasteiger partial charge in [0.05, 0.1) is 0 Å². The molecule has 0 bridgehead atoms. The molecular formula is C19H19NO2S. The van der Waals surface area contributed by atoms with E-state index in [4.69, 9.17) is 4.74 Å². The highest BCUT2D eigenvalue weighted by Crippen LogP contribution is 2.28. The summed E-state index contributed by atoms with van der Waals surface area (Å²) in [5, 5.41) is 0. The first-order chi connectivity index (χ1) is 11.3. The molecule has 1 heterocycles. The largest absolute Gasteiger partial charge is 0.419 e. The van der Waals surface area contributed by atoms with E-state index in [1.54, 1.807) is 28.8 Å². The zero-order chi connectivity index (χ0) is 16.1. The third kappa shape index (κ3) is 3.96. The maximum atomic E-state index is 12.3. The fourth-order valence-electron chi connectivity index (χ4n) is 2.65. The van der Waals surface area contributed by atoms with Crippen LogP contribution in [-0.2, 0) is 0 Å². The number of hydrogen-bond donors (Lipinski definition) is 0. The smallest absolute Gasteiger partial charge is 0.410 e. The first-order valence-corrected chi connectivity index (χ1v) is 8.83. The normalized spacial score (nSPS) is 17.1. The predicted octanol–water partition coefficient (Wildman–Crippen LogP) is 4.91. The average Bonchev–Trinajstić information content (AvgIpc) is 2.63. The summed E-state index contributed by atoms with van der Waals surface area (Å²) >= 11 is 1.73. The second-order valence-electron chi connectivity index (χ2n) is 5.43. The standard InChI is InChI=1S/C19H19NO2S/c1-23-18-11-5-7-15(13-18)16-8-6-12-20(14-16)19(21)22-17-9-3-2-4-10-17/h2-7,9-13,16H,8,14H2,1H3/t16-/m1/s1. The van der Waals surface area contributed by atoms with E-state index >= 15 is 0 Å². The SMILES string of the molecule is CSc1cccc([C@@H]2CC=CN(C(=O)Oc3ccccc3)C2)c1. The number of ether oxygens (including phenoxy) is 1. The number of carbonyl (C=O) groups is 1. The summed E-state index contributed by atoms with van der Waals surface area (Å²) < 4.78 is 5.41. The maximum Gasteiger partial charge on any atom is 0.419 e. The van der Waals surface area contributed by atoms with Crippen LogP contribution in [0.5, 0.6) is 5.75 Å². The number of benzene rings is 2. The van der Waals surface area contributed by atoms with Crippen LogP contribution in [0.25, 0.3) is 0 Å². The minimum absolute atomic E-state index is 0.301. The van der Waals surface area contributed by atoms with Crippen LogP contribution >= 0.6 is 11.8 Å². The van der Waals surface area contributed by atoms with Gasteiger partial charge in [-0.3, -0.25) is 4.90 Å². The zero-order valence-corrected chi connectivity index (χ0v) is 13.8. The Kier molecular flexibility index (Phi) is 5.03. The van der Waals surface area contributed by atoms with Crippen LogP contribution in [0, 0.1) is 0 Å². The fraction of sp³-hybridized carbons (Fsp3) is 0.211. The summed E-state index contributed by atoms with van der Waals surface area (Å²) in [6, 6.07) is 17.7. The molecule has 1 atom stereocenters. The van der Waals surface area contributed by atoms with Crippen molar-refractivity contribution < 1.29 is 9.53 Å². The Hall–Kier alpha value is -2.20. The van der Waals surface area contributed by atoms with E-state index in [0.717, 1.165) is 6.42 Å². The molecule has 4 heteroatoms. The third-order valence-corrected chi connectivity index (χ3v) is 4.60. The van der Waals surface area contributed by atoms with Crippen molar-refractivity contribution in [1.29, 1.82) is 0 Å². The van der Waals surface area contributed by atoms with Gasteiger partial charge in [-0.05, 0) is 42.5 Å². The first-order valence-electron chi connectivity index (χ1n) is 7.60. The van der Waals surface area contributed by atoms with E-state index in [-0.39, 0.29) is 6.09 Å². The average molecular weight is 325 g/mol. The maximum absolute atomic E-state index is 12.3. The summed E-state index contributed by atoms with van der Waals surface area (Å²) in [6.45, 7) is 0.639. The molecule has 1 aliphatic heterocycles. The van der Waals surface area contributed by atoms with Gasteiger partial charge >= 0.3 is 6.09 Å². The van der Waals surface area contributed by atoms with Crippen LogP contribution in [0.1, 0.15) is 17.9 Å². The van der Waals surface area contributed by atoms with Crippen molar-refractivity contribution in [2.24, 2.45) is 0 Å². The summed E-state index contributed by atoms with van der Waals surface area (Å²) in [5.41, 5.74) is 1.26. The summed E-state index contributed by atoms with van der Waals surface area (Å²) in [5.74, 6) is 0.868. The number of amides is 1. The molecule has 0 spiro atoms. The molecule has 0 aliphatic carbocycles. The van der Waals surface area contributed by atoms with E-state index < -0.39 is 0 Å². The van der Waals surface area contributed by atoms with Gasteiger partial charge in [0, 0.05) is 23.6 Å². The molecule has 0 saturated heterocycles. The summed E-state index contributed by atoms with van der Waals surface area (Å²) in [6.07, 6.45) is 6.53. The van der Waals surface area contributed by atoms with Crippen LogP contribution in [0.15, 0.2) is 71.8 Å². The molecule has 0 fully saturated rings. The molecule has 1 amide bonds. The lowest BCUT2D eigenvalue weighted by Crippen LogP contribution is -2.34. The van der Waals surface area contributed by atoms with E-state index in [2.05, 4.69) is 30.5 Å². The van der Waals surface area contributed by atoms with Gasteiger partial charge in [-0.1, -0.05) is 36.4 Å². The van der Waals surface area contributed by atoms with E-state index in [9.17, 15) is 4.79 Å². The highest BCUT2D eigenvalue weighted by Gasteiger charge is 2.23. The minimum atomic E-state index is -0.335. The number of para-hydroxylation sites is 1. The molecule has 0 radical (unpaired) electrons. The van der Waals surface area contributed by atoms with Crippen molar-refractivity contribution in [3.63, 3.8) is 0 Å². The number of rotatable bonds is 3. The fourth-order valence-corrected chi connectivity index (χ4v) is 3.11. The second-order valence-corrected chi connectivity index (χ2v) is 6.31.